The lowest BCUT2D eigenvalue weighted by atomic mass is 9.88. The van der Waals surface area contributed by atoms with Gasteiger partial charge >= 0.3 is 0 Å². The van der Waals surface area contributed by atoms with Crippen LogP contribution in [0.3, 0.4) is 0 Å². The number of aromatic amines is 1. The highest BCUT2D eigenvalue weighted by atomic mass is 16.2. The van der Waals surface area contributed by atoms with Crippen molar-refractivity contribution in [2.75, 3.05) is 20.1 Å². The second-order valence-electron chi connectivity index (χ2n) is 8.38. The Morgan fingerprint density at radius 1 is 1.15 bits per heavy atom. The van der Waals surface area contributed by atoms with Crippen LogP contribution in [0.15, 0.2) is 30.5 Å². The number of hydrogen-bond acceptors (Lipinski definition) is 2. The molecule has 2 heterocycles. The second-order valence-corrected chi connectivity index (χ2v) is 8.38. The molecule has 1 aliphatic heterocycles. The molecule has 1 aliphatic carbocycles. The molecule has 1 saturated carbocycles. The predicted molar refractivity (Wildman–Crippen MR) is 111 cm³/mol. The maximum absolute atomic E-state index is 12.9. The fourth-order valence-corrected chi connectivity index (χ4v) is 5.17. The monoisotopic (exact) mass is 367 g/mol. The first-order valence-electron chi connectivity index (χ1n) is 10.8. The SMILES string of the molecule is CN(C(=O)CCCc1c[nH]c2ccccc12)[C@@H]1CCCC[C@H]1N1CCCC1. The average molecular weight is 368 g/mol. The van der Waals surface area contributed by atoms with Gasteiger partial charge < -0.3 is 9.88 Å². The Labute approximate surface area is 162 Å². The van der Waals surface area contributed by atoms with Crippen molar-refractivity contribution < 1.29 is 4.79 Å². The molecular formula is C23H33N3O. The number of likely N-dealkylation sites (tertiary alicyclic amines) is 1. The largest absolute Gasteiger partial charge is 0.361 e. The molecule has 2 aliphatic rings. The van der Waals surface area contributed by atoms with Crippen LogP contribution in [-0.4, -0.2) is 52.9 Å². The Morgan fingerprint density at radius 3 is 2.78 bits per heavy atom. The van der Waals surface area contributed by atoms with Crippen LogP contribution in [0.4, 0.5) is 0 Å². The van der Waals surface area contributed by atoms with Gasteiger partial charge in [-0.15, -0.1) is 0 Å². The molecule has 1 amide bonds. The summed E-state index contributed by atoms with van der Waals surface area (Å²) in [6, 6.07) is 9.42. The number of aryl methyl sites for hydroxylation is 1. The smallest absolute Gasteiger partial charge is 0.222 e. The van der Waals surface area contributed by atoms with Crippen molar-refractivity contribution in [3.63, 3.8) is 0 Å². The average Bonchev–Trinajstić information content (AvgIpc) is 3.38. The molecule has 0 unspecified atom stereocenters. The topological polar surface area (TPSA) is 39.3 Å². The Morgan fingerprint density at radius 2 is 1.93 bits per heavy atom. The lowest BCUT2D eigenvalue weighted by Crippen LogP contribution is -2.53. The van der Waals surface area contributed by atoms with E-state index in [1.54, 1.807) is 0 Å². The van der Waals surface area contributed by atoms with Crippen LogP contribution in [0.1, 0.15) is 56.9 Å². The molecule has 4 heteroatoms. The number of nitrogens with zero attached hydrogens (tertiary/aromatic N) is 2. The highest BCUT2D eigenvalue weighted by Gasteiger charge is 2.35. The molecule has 4 rings (SSSR count). The van der Waals surface area contributed by atoms with E-state index in [1.807, 2.05) is 7.05 Å². The first-order valence-corrected chi connectivity index (χ1v) is 10.8. The zero-order valence-electron chi connectivity index (χ0n) is 16.6. The van der Waals surface area contributed by atoms with Crippen LogP contribution in [0.5, 0.6) is 0 Å². The van der Waals surface area contributed by atoms with E-state index in [4.69, 9.17) is 0 Å². The van der Waals surface area contributed by atoms with Crippen molar-refractivity contribution in [1.82, 2.24) is 14.8 Å². The molecule has 2 atom stereocenters. The van der Waals surface area contributed by atoms with Crippen LogP contribution in [0, 0.1) is 0 Å². The minimum Gasteiger partial charge on any atom is -0.361 e. The summed E-state index contributed by atoms with van der Waals surface area (Å²) in [7, 11) is 2.05. The van der Waals surface area contributed by atoms with Gasteiger partial charge in [-0.25, -0.2) is 0 Å². The van der Waals surface area contributed by atoms with Gasteiger partial charge in [-0.2, -0.15) is 0 Å². The number of carbonyl (C=O) groups is 1. The molecule has 0 bridgehead atoms. The van der Waals surface area contributed by atoms with Crippen LogP contribution >= 0.6 is 0 Å². The molecule has 1 aromatic carbocycles. The highest BCUT2D eigenvalue weighted by molar-refractivity contribution is 5.83. The third kappa shape index (κ3) is 4.06. The van der Waals surface area contributed by atoms with E-state index in [9.17, 15) is 4.79 Å². The fourth-order valence-electron chi connectivity index (χ4n) is 5.17. The van der Waals surface area contributed by atoms with Crippen LogP contribution in [0.25, 0.3) is 10.9 Å². The Balaban J connectivity index is 1.33. The molecule has 4 nitrogen and oxygen atoms in total. The predicted octanol–water partition coefficient (Wildman–Crippen LogP) is 4.36. The van der Waals surface area contributed by atoms with Crippen molar-refractivity contribution in [3.8, 4) is 0 Å². The van der Waals surface area contributed by atoms with Gasteiger partial charge in [-0.1, -0.05) is 31.0 Å². The van der Waals surface area contributed by atoms with E-state index < -0.39 is 0 Å². The number of likely N-dealkylation sites (N-methyl/N-ethyl adjacent to an activating group) is 1. The molecule has 1 N–H and O–H groups in total. The molecular weight excluding hydrogens is 334 g/mol. The zero-order chi connectivity index (χ0) is 18.6. The maximum atomic E-state index is 12.9. The van der Waals surface area contributed by atoms with Crippen molar-refractivity contribution in [1.29, 1.82) is 0 Å². The van der Waals surface area contributed by atoms with Gasteiger partial charge in [0.2, 0.25) is 5.91 Å². The highest BCUT2D eigenvalue weighted by Crippen LogP contribution is 2.29. The standard InChI is InChI=1S/C23H33N3O/c1-25(21-12-4-5-13-22(21)26-15-6-7-16-26)23(27)14-8-9-18-17-24-20-11-3-2-10-19(18)20/h2-3,10-11,17,21-22,24H,4-9,12-16H2,1H3/t21-,22-/m1/s1. The summed E-state index contributed by atoms with van der Waals surface area (Å²) >= 11 is 0. The van der Waals surface area contributed by atoms with Gasteiger partial charge in [-0.05, 0) is 63.2 Å². The van der Waals surface area contributed by atoms with Crippen molar-refractivity contribution in [2.45, 2.75) is 69.9 Å². The first-order chi connectivity index (χ1) is 13.2. The molecule has 1 aromatic heterocycles. The van der Waals surface area contributed by atoms with Crippen LogP contribution in [0.2, 0.25) is 0 Å². The molecule has 27 heavy (non-hydrogen) atoms. The number of amides is 1. The van der Waals surface area contributed by atoms with E-state index in [0.717, 1.165) is 12.8 Å². The van der Waals surface area contributed by atoms with E-state index >= 15 is 0 Å². The van der Waals surface area contributed by atoms with E-state index in [-0.39, 0.29) is 0 Å². The molecule has 2 fully saturated rings. The number of H-pyrrole nitrogens is 1. The minimum atomic E-state index is 0.325. The summed E-state index contributed by atoms with van der Waals surface area (Å²) in [6.45, 7) is 2.45. The lowest BCUT2D eigenvalue weighted by molar-refractivity contribution is -0.134. The summed E-state index contributed by atoms with van der Waals surface area (Å²) in [5.74, 6) is 0.325. The van der Waals surface area contributed by atoms with Crippen LogP contribution in [-0.2, 0) is 11.2 Å². The van der Waals surface area contributed by atoms with Crippen molar-refractivity contribution >= 4 is 16.8 Å². The fraction of sp³-hybridized carbons (Fsp3) is 0.609. The third-order valence-electron chi connectivity index (χ3n) is 6.71. The number of aromatic nitrogens is 1. The van der Waals surface area contributed by atoms with E-state index in [1.165, 1.54) is 68.1 Å². The molecule has 0 radical (unpaired) electrons. The van der Waals surface area contributed by atoms with Gasteiger partial charge in [0.05, 0.1) is 0 Å². The number of benzene rings is 1. The summed E-state index contributed by atoms with van der Waals surface area (Å²) in [5.41, 5.74) is 2.51. The van der Waals surface area contributed by atoms with Gasteiger partial charge in [-0.3, -0.25) is 9.69 Å². The number of rotatable bonds is 6. The minimum absolute atomic E-state index is 0.325. The molecule has 0 spiro atoms. The normalized spacial score (nSPS) is 23.7. The Kier molecular flexibility index (Phi) is 5.82. The maximum Gasteiger partial charge on any atom is 0.222 e. The van der Waals surface area contributed by atoms with Gasteiger partial charge in [0.1, 0.15) is 0 Å². The quantitative estimate of drug-likeness (QED) is 0.824. The molecule has 2 aromatic rings. The van der Waals surface area contributed by atoms with E-state index in [0.29, 0.717) is 24.4 Å². The molecule has 146 valence electrons. The zero-order valence-corrected chi connectivity index (χ0v) is 16.6. The van der Waals surface area contributed by atoms with Crippen molar-refractivity contribution in [2.24, 2.45) is 0 Å². The number of hydrogen-bond donors (Lipinski definition) is 1. The number of para-hydroxylation sites is 1. The first kappa shape index (κ1) is 18.5. The number of fused-ring (bicyclic) bond motifs is 1. The third-order valence-corrected chi connectivity index (χ3v) is 6.71. The van der Waals surface area contributed by atoms with Gasteiger partial charge in [0.25, 0.3) is 0 Å². The summed E-state index contributed by atoms with van der Waals surface area (Å²) in [5, 5.41) is 1.29. The Hall–Kier alpha value is -1.81. The second kappa shape index (κ2) is 8.47. The van der Waals surface area contributed by atoms with Crippen LogP contribution < -0.4 is 0 Å². The van der Waals surface area contributed by atoms with Gasteiger partial charge in [0, 0.05) is 42.7 Å². The summed E-state index contributed by atoms with van der Waals surface area (Å²) in [6.07, 6.45) is 12.3. The van der Waals surface area contributed by atoms with E-state index in [2.05, 4.69) is 45.2 Å². The Bertz CT molecular complexity index is 762. The van der Waals surface area contributed by atoms with Gasteiger partial charge in [0.15, 0.2) is 0 Å². The summed E-state index contributed by atoms with van der Waals surface area (Å²) in [4.78, 5) is 21.0. The lowest BCUT2D eigenvalue weighted by Gasteiger charge is -2.42. The number of carbonyl (C=O) groups excluding carboxylic acids is 1. The number of nitrogens with one attached hydrogen (secondary N) is 1. The van der Waals surface area contributed by atoms with Crippen molar-refractivity contribution in [3.05, 3.63) is 36.0 Å². The summed E-state index contributed by atoms with van der Waals surface area (Å²) < 4.78 is 0. The molecule has 1 saturated heterocycles.